The molecule has 30 heavy (non-hydrogen) atoms. The molecule has 2 aromatic rings. The Morgan fingerprint density at radius 2 is 1.60 bits per heavy atom. The van der Waals surface area contributed by atoms with Crippen LogP contribution in [0.15, 0.2) is 54.6 Å². The van der Waals surface area contributed by atoms with Gasteiger partial charge in [-0.25, -0.2) is 0 Å². The Bertz CT molecular complexity index is 832. The molecular formula is C24H29NO5. The lowest BCUT2D eigenvalue weighted by Gasteiger charge is -2.22. The quantitative estimate of drug-likeness (QED) is 0.548. The van der Waals surface area contributed by atoms with E-state index in [0.29, 0.717) is 19.4 Å². The highest BCUT2D eigenvalue weighted by atomic mass is 16.5. The van der Waals surface area contributed by atoms with Crippen LogP contribution in [-0.4, -0.2) is 35.6 Å². The topological polar surface area (TPSA) is 92.7 Å². The number of carboxylic acids is 1. The van der Waals surface area contributed by atoms with Crippen LogP contribution >= 0.6 is 0 Å². The van der Waals surface area contributed by atoms with E-state index in [4.69, 9.17) is 9.84 Å². The fraction of sp³-hybridized carbons (Fsp3) is 0.375. The summed E-state index contributed by atoms with van der Waals surface area (Å²) < 4.78 is 5.07. The second kappa shape index (κ2) is 11.8. The highest BCUT2D eigenvalue weighted by Crippen LogP contribution is 2.21. The van der Waals surface area contributed by atoms with Crippen molar-refractivity contribution < 1.29 is 24.2 Å². The van der Waals surface area contributed by atoms with Gasteiger partial charge in [0.25, 0.3) is 0 Å². The lowest BCUT2D eigenvalue weighted by Crippen LogP contribution is -2.39. The Morgan fingerprint density at radius 3 is 2.20 bits per heavy atom. The molecule has 0 spiro atoms. The van der Waals surface area contributed by atoms with Crippen LogP contribution in [0.4, 0.5) is 0 Å². The minimum Gasteiger partial charge on any atom is -0.481 e. The molecule has 0 saturated heterocycles. The minimum atomic E-state index is -1.02. The molecule has 0 aliphatic heterocycles. The van der Waals surface area contributed by atoms with Gasteiger partial charge in [0.15, 0.2) is 0 Å². The first kappa shape index (κ1) is 23.1. The number of hydrogen-bond acceptors (Lipinski definition) is 4. The van der Waals surface area contributed by atoms with Gasteiger partial charge in [-0.1, -0.05) is 61.5 Å². The van der Waals surface area contributed by atoms with Crippen molar-refractivity contribution in [3.05, 3.63) is 60.2 Å². The number of nitrogens with one attached hydrogen (secondary N) is 1. The molecule has 0 fully saturated rings. The van der Waals surface area contributed by atoms with E-state index < -0.39 is 5.97 Å². The summed E-state index contributed by atoms with van der Waals surface area (Å²) in [7, 11) is 0. The number of hydrogen-bond donors (Lipinski definition) is 2. The van der Waals surface area contributed by atoms with Gasteiger partial charge in [0.2, 0.25) is 5.91 Å². The van der Waals surface area contributed by atoms with Gasteiger partial charge < -0.3 is 15.2 Å². The smallest absolute Gasteiger partial charge is 0.308 e. The van der Waals surface area contributed by atoms with E-state index in [1.54, 1.807) is 13.8 Å². The van der Waals surface area contributed by atoms with Crippen LogP contribution in [-0.2, 0) is 25.5 Å². The third-order valence-electron chi connectivity index (χ3n) is 4.80. The monoisotopic (exact) mass is 411 g/mol. The number of rotatable bonds is 11. The first-order chi connectivity index (χ1) is 14.4. The minimum absolute atomic E-state index is 0.0907. The van der Waals surface area contributed by atoms with Gasteiger partial charge in [0.05, 0.1) is 18.9 Å². The number of carbonyl (C=O) groups is 3. The molecule has 0 saturated carbocycles. The molecule has 1 amide bonds. The predicted molar refractivity (Wildman–Crippen MR) is 115 cm³/mol. The normalized spacial score (nSPS) is 12.6. The van der Waals surface area contributed by atoms with Crippen LogP contribution < -0.4 is 5.32 Å². The van der Waals surface area contributed by atoms with Crippen LogP contribution in [0, 0.1) is 5.92 Å². The van der Waals surface area contributed by atoms with Crippen molar-refractivity contribution in [2.24, 2.45) is 5.92 Å². The zero-order valence-corrected chi connectivity index (χ0v) is 17.5. The van der Waals surface area contributed by atoms with Crippen LogP contribution in [0.3, 0.4) is 0 Å². The van der Waals surface area contributed by atoms with Crippen LogP contribution in [0.25, 0.3) is 11.1 Å². The highest BCUT2D eigenvalue weighted by Gasteiger charge is 2.22. The first-order valence-electron chi connectivity index (χ1n) is 10.2. The number of ether oxygens (including phenoxy) is 1. The van der Waals surface area contributed by atoms with Gasteiger partial charge in [0, 0.05) is 12.5 Å². The number of esters is 1. The van der Waals surface area contributed by atoms with Crippen molar-refractivity contribution >= 4 is 17.8 Å². The summed E-state index contributed by atoms with van der Waals surface area (Å²) >= 11 is 0. The van der Waals surface area contributed by atoms with Crippen molar-refractivity contribution in [1.82, 2.24) is 5.32 Å². The molecule has 2 aromatic carbocycles. The molecule has 0 aliphatic rings. The van der Waals surface area contributed by atoms with E-state index in [1.165, 1.54) is 0 Å². The Balaban J connectivity index is 2.07. The molecule has 0 aliphatic carbocycles. The first-order valence-corrected chi connectivity index (χ1v) is 10.2. The van der Waals surface area contributed by atoms with Crippen molar-refractivity contribution in [3.63, 3.8) is 0 Å². The molecule has 2 unspecified atom stereocenters. The van der Waals surface area contributed by atoms with Gasteiger partial charge in [-0.15, -0.1) is 0 Å². The molecule has 0 radical (unpaired) electrons. The largest absolute Gasteiger partial charge is 0.481 e. The van der Waals surface area contributed by atoms with Gasteiger partial charge in [0.1, 0.15) is 0 Å². The van der Waals surface area contributed by atoms with Crippen LogP contribution in [0.2, 0.25) is 0 Å². The maximum absolute atomic E-state index is 12.2. The van der Waals surface area contributed by atoms with Gasteiger partial charge in [-0.3, -0.25) is 14.4 Å². The van der Waals surface area contributed by atoms with Gasteiger partial charge >= 0.3 is 11.9 Å². The number of aliphatic carboxylic acids is 1. The maximum Gasteiger partial charge on any atom is 0.308 e. The average Bonchev–Trinajstić information content (AvgIpc) is 2.73. The summed E-state index contributed by atoms with van der Waals surface area (Å²) in [6.45, 7) is 3.83. The molecule has 2 rings (SSSR count). The molecule has 0 aromatic heterocycles. The molecule has 2 atom stereocenters. The van der Waals surface area contributed by atoms with Crippen LogP contribution in [0.5, 0.6) is 0 Å². The second-order valence-electron chi connectivity index (χ2n) is 7.31. The third-order valence-corrected chi connectivity index (χ3v) is 4.80. The average molecular weight is 411 g/mol. The summed E-state index contributed by atoms with van der Waals surface area (Å²) in [5.41, 5.74) is 3.24. The summed E-state index contributed by atoms with van der Waals surface area (Å²) in [5, 5.41) is 11.7. The number of carboxylic acid groups (broad SMARTS) is 1. The van der Waals surface area contributed by atoms with Crippen molar-refractivity contribution in [2.75, 3.05) is 6.61 Å². The van der Waals surface area contributed by atoms with E-state index >= 15 is 0 Å². The highest BCUT2D eigenvalue weighted by molar-refractivity contribution is 5.81. The second-order valence-corrected chi connectivity index (χ2v) is 7.31. The van der Waals surface area contributed by atoms with Gasteiger partial charge in [-0.05, 0) is 36.5 Å². The lowest BCUT2D eigenvalue weighted by molar-refractivity contribution is -0.148. The van der Waals surface area contributed by atoms with Gasteiger partial charge in [-0.2, -0.15) is 0 Å². The molecule has 6 heteroatoms. The molecule has 2 N–H and O–H groups in total. The number of benzene rings is 2. The SMILES string of the molecule is CCOC(=O)C(C)CC(Cc1ccc(-c2ccccc2)cc1)NC(=O)CCC(=O)O. The Kier molecular flexibility index (Phi) is 9.06. The maximum atomic E-state index is 12.2. The van der Waals surface area contributed by atoms with E-state index in [-0.39, 0.29) is 36.7 Å². The number of carbonyl (C=O) groups excluding carboxylic acids is 2. The standard InChI is InChI=1S/C24H29NO5/c1-3-30-24(29)17(2)15-21(25-22(26)13-14-23(27)28)16-18-9-11-20(12-10-18)19-7-5-4-6-8-19/h4-12,17,21H,3,13-16H2,1-2H3,(H,25,26)(H,27,28). The van der Waals surface area contributed by atoms with Crippen molar-refractivity contribution in [3.8, 4) is 11.1 Å². The van der Waals surface area contributed by atoms with Crippen molar-refractivity contribution in [1.29, 1.82) is 0 Å². The van der Waals surface area contributed by atoms with E-state index in [2.05, 4.69) is 5.32 Å². The summed E-state index contributed by atoms with van der Waals surface area (Å²) in [6, 6.07) is 17.8. The summed E-state index contributed by atoms with van der Waals surface area (Å²) in [5.74, 6) is -2.03. The fourth-order valence-electron chi connectivity index (χ4n) is 3.27. The zero-order valence-electron chi connectivity index (χ0n) is 17.5. The predicted octanol–water partition coefficient (Wildman–Crippen LogP) is 3.84. The Morgan fingerprint density at radius 1 is 0.967 bits per heavy atom. The van der Waals surface area contributed by atoms with Crippen molar-refractivity contribution in [2.45, 2.75) is 45.6 Å². The fourth-order valence-corrected chi connectivity index (χ4v) is 3.27. The zero-order chi connectivity index (χ0) is 21.9. The lowest BCUT2D eigenvalue weighted by atomic mass is 9.94. The Labute approximate surface area is 177 Å². The molecule has 160 valence electrons. The molecule has 0 heterocycles. The Hall–Kier alpha value is -3.15. The molecule has 0 bridgehead atoms. The van der Waals surface area contributed by atoms with E-state index in [9.17, 15) is 14.4 Å². The third kappa shape index (κ3) is 7.70. The number of amides is 1. The summed E-state index contributed by atoms with van der Waals surface area (Å²) in [6.07, 6.45) is 0.639. The van der Waals surface area contributed by atoms with Crippen LogP contribution in [0.1, 0.15) is 38.7 Å². The van der Waals surface area contributed by atoms with E-state index in [0.717, 1.165) is 16.7 Å². The molecule has 6 nitrogen and oxygen atoms in total. The molecular weight excluding hydrogens is 382 g/mol. The van der Waals surface area contributed by atoms with E-state index in [1.807, 2.05) is 54.6 Å². The summed E-state index contributed by atoms with van der Waals surface area (Å²) in [4.78, 5) is 34.9.